The highest BCUT2D eigenvalue weighted by Crippen LogP contribution is 2.25. The van der Waals surface area contributed by atoms with Crippen molar-refractivity contribution >= 4 is 16.7 Å². The van der Waals surface area contributed by atoms with Gasteiger partial charge in [-0.2, -0.15) is 0 Å². The lowest BCUT2D eigenvalue weighted by molar-refractivity contribution is 0.0697. The Morgan fingerprint density at radius 1 is 0.895 bits per heavy atom. The molecule has 0 fully saturated rings. The van der Waals surface area contributed by atoms with Crippen LogP contribution in [-0.2, 0) is 0 Å². The molecule has 1 N–H and O–H groups in total. The number of aromatic carboxylic acids is 1. The zero-order chi connectivity index (χ0) is 14.0. The second kappa shape index (κ2) is 4.61. The Bertz CT molecular complexity index is 821. The van der Waals surface area contributed by atoms with Gasteiger partial charge in [-0.15, -0.1) is 19.3 Å². The second-order valence-electron chi connectivity index (χ2n) is 3.88. The maximum Gasteiger partial charge on any atom is 0.335 e. The van der Waals surface area contributed by atoms with Crippen molar-refractivity contribution in [1.82, 2.24) is 0 Å². The molecule has 0 aliphatic rings. The summed E-state index contributed by atoms with van der Waals surface area (Å²) >= 11 is 0. The highest BCUT2D eigenvalue weighted by molar-refractivity contribution is 6.00. The van der Waals surface area contributed by atoms with Gasteiger partial charge >= 0.3 is 5.97 Å². The first-order valence-corrected chi connectivity index (χ1v) is 5.35. The predicted molar refractivity (Wildman–Crippen MR) is 74.7 cm³/mol. The molecule has 0 bridgehead atoms. The molecule has 0 aromatic heterocycles. The summed E-state index contributed by atoms with van der Waals surface area (Å²) in [5, 5.41) is 10.4. The minimum Gasteiger partial charge on any atom is -0.478 e. The first-order valence-electron chi connectivity index (χ1n) is 5.35. The summed E-state index contributed by atoms with van der Waals surface area (Å²) < 4.78 is 0. The Morgan fingerprint density at radius 3 is 2.00 bits per heavy atom. The van der Waals surface area contributed by atoms with Crippen molar-refractivity contribution in [3.8, 4) is 37.0 Å². The van der Waals surface area contributed by atoms with Gasteiger partial charge in [-0.1, -0.05) is 17.8 Å². The molecule has 0 aliphatic carbocycles. The molecule has 2 nitrogen and oxygen atoms in total. The Hall–Kier alpha value is -3.15. The normalized spacial score (nSPS) is 9.32. The number of benzene rings is 2. The number of carboxylic acid groups (broad SMARTS) is 1. The number of carbonyl (C=O) groups is 1. The number of fused-ring (bicyclic) bond motifs is 1. The summed E-state index contributed by atoms with van der Waals surface area (Å²) in [5.41, 5.74) is 1.71. The van der Waals surface area contributed by atoms with Crippen molar-refractivity contribution in [2.24, 2.45) is 0 Å². The van der Waals surface area contributed by atoms with E-state index in [0.717, 1.165) is 0 Å². The molecule has 2 heteroatoms. The van der Waals surface area contributed by atoms with E-state index in [1.807, 2.05) is 0 Å². The third-order valence-corrected chi connectivity index (χ3v) is 2.79. The largest absolute Gasteiger partial charge is 0.478 e. The lowest BCUT2D eigenvalue weighted by Crippen LogP contribution is -1.98. The van der Waals surface area contributed by atoms with Crippen molar-refractivity contribution in [1.29, 1.82) is 0 Å². The van der Waals surface area contributed by atoms with Crippen LogP contribution in [-0.4, -0.2) is 11.1 Å². The summed E-state index contributed by atoms with van der Waals surface area (Å²) in [5.74, 6) is 6.42. The van der Waals surface area contributed by atoms with Gasteiger partial charge in [-0.3, -0.25) is 0 Å². The maximum absolute atomic E-state index is 11.1. The molecule has 0 amide bonds. The van der Waals surface area contributed by atoms with Gasteiger partial charge in [0, 0.05) is 16.7 Å². The van der Waals surface area contributed by atoms with Crippen LogP contribution in [0.1, 0.15) is 27.0 Å². The molecular formula is C17H8O2. The first kappa shape index (κ1) is 12.3. The molecule has 88 valence electrons. The maximum atomic E-state index is 11.1. The van der Waals surface area contributed by atoms with Crippen molar-refractivity contribution in [3.05, 3.63) is 46.5 Å². The van der Waals surface area contributed by atoms with Crippen molar-refractivity contribution in [2.45, 2.75) is 0 Å². The monoisotopic (exact) mass is 244 g/mol. The van der Waals surface area contributed by atoms with Gasteiger partial charge in [0.1, 0.15) is 0 Å². The van der Waals surface area contributed by atoms with Crippen molar-refractivity contribution < 1.29 is 9.90 Å². The highest BCUT2D eigenvalue weighted by Gasteiger charge is 2.11. The molecule has 0 atom stereocenters. The van der Waals surface area contributed by atoms with Gasteiger partial charge in [0.25, 0.3) is 0 Å². The first-order chi connectivity index (χ1) is 9.10. The Morgan fingerprint density at radius 2 is 1.47 bits per heavy atom. The minimum absolute atomic E-state index is 0.102. The molecular weight excluding hydrogens is 236 g/mol. The van der Waals surface area contributed by atoms with Gasteiger partial charge in [0.05, 0.1) is 5.56 Å². The van der Waals surface area contributed by atoms with Crippen LogP contribution < -0.4 is 0 Å². The van der Waals surface area contributed by atoms with E-state index < -0.39 is 5.97 Å². The fourth-order valence-electron chi connectivity index (χ4n) is 1.91. The average Bonchev–Trinajstić information content (AvgIpc) is 2.44. The van der Waals surface area contributed by atoms with Crippen LogP contribution in [0.3, 0.4) is 0 Å². The van der Waals surface area contributed by atoms with Crippen LogP contribution in [0.5, 0.6) is 0 Å². The lowest BCUT2D eigenvalue weighted by Gasteiger charge is -2.07. The highest BCUT2D eigenvalue weighted by atomic mass is 16.4. The SMILES string of the molecule is C#Cc1cc(C#C)c2cc(C(=O)O)cc(C#C)c2c1. The van der Waals surface area contributed by atoms with Crippen LogP contribution in [0, 0.1) is 37.0 Å². The molecule has 19 heavy (non-hydrogen) atoms. The number of carboxylic acids is 1. The summed E-state index contributed by atoms with van der Waals surface area (Å²) in [6.07, 6.45) is 16.2. The second-order valence-corrected chi connectivity index (χ2v) is 3.88. The van der Waals surface area contributed by atoms with Crippen molar-refractivity contribution in [3.63, 3.8) is 0 Å². The molecule has 0 saturated carbocycles. The van der Waals surface area contributed by atoms with E-state index in [9.17, 15) is 4.79 Å². The third-order valence-electron chi connectivity index (χ3n) is 2.79. The smallest absolute Gasteiger partial charge is 0.335 e. The van der Waals surface area contributed by atoms with Gasteiger partial charge < -0.3 is 5.11 Å². The molecule has 0 radical (unpaired) electrons. The Labute approximate surface area is 111 Å². The van der Waals surface area contributed by atoms with E-state index >= 15 is 0 Å². The topological polar surface area (TPSA) is 37.3 Å². The van der Waals surface area contributed by atoms with E-state index in [2.05, 4.69) is 17.8 Å². The summed E-state index contributed by atoms with van der Waals surface area (Å²) in [7, 11) is 0. The molecule has 0 aliphatic heterocycles. The molecule has 0 unspecified atom stereocenters. The average molecular weight is 244 g/mol. The predicted octanol–water partition coefficient (Wildman–Crippen LogP) is 2.48. The van der Waals surface area contributed by atoms with Crippen LogP contribution in [0.15, 0.2) is 24.3 Å². The van der Waals surface area contributed by atoms with Crippen LogP contribution in [0.4, 0.5) is 0 Å². The molecule has 2 rings (SSSR count). The fourth-order valence-corrected chi connectivity index (χ4v) is 1.91. The van der Waals surface area contributed by atoms with Crippen LogP contribution >= 0.6 is 0 Å². The van der Waals surface area contributed by atoms with E-state index in [4.69, 9.17) is 24.4 Å². The lowest BCUT2D eigenvalue weighted by atomic mass is 9.95. The van der Waals surface area contributed by atoms with Gasteiger partial charge in [0.15, 0.2) is 0 Å². The quantitative estimate of drug-likeness (QED) is 0.782. The summed E-state index contributed by atoms with van der Waals surface area (Å²) in [6, 6.07) is 6.34. The molecule has 2 aromatic rings. The number of rotatable bonds is 1. The van der Waals surface area contributed by atoms with Gasteiger partial charge in [0.2, 0.25) is 0 Å². The molecule has 0 heterocycles. The Balaban J connectivity index is 3.00. The number of hydrogen-bond acceptors (Lipinski definition) is 1. The minimum atomic E-state index is -1.05. The molecule has 0 spiro atoms. The van der Waals surface area contributed by atoms with Crippen LogP contribution in [0.25, 0.3) is 10.8 Å². The summed E-state index contributed by atoms with van der Waals surface area (Å²) in [6.45, 7) is 0. The van der Waals surface area contributed by atoms with Crippen LogP contribution in [0.2, 0.25) is 0 Å². The Kier molecular flexibility index (Phi) is 2.99. The van der Waals surface area contributed by atoms with E-state index in [1.54, 1.807) is 12.1 Å². The van der Waals surface area contributed by atoms with E-state index in [-0.39, 0.29) is 5.56 Å². The number of terminal acetylenes is 3. The molecule has 2 aromatic carbocycles. The van der Waals surface area contributed by atoms with Gasteiger partial charge in [-0.25, -0.2) is 4.79 Å². The van der Waals surface area contributed by atoms with E-state index in [1.165, 1.54) is 12.1 Å². The molecule has 0 saturated heterocycles. The van der Waals surface area contributed by atoms with E-state index in [0.29, 0.717) is 27.5 Å². The summed E-state index contributed by atoms with van der Waals surface area (Å²) in [4.78, 5) is 11.1. The zero-order valence-corrected chi connectivity index (χ0v) is 9.90. The standard InChI is InChI=1S/C17H8O2/c1-4-11-7-12(5-2)16-10-14(17(18)19)9-13(6-3)15(16)8-11/h1-3,7-10H,(H,18,19). The van der Waals surface area contributed by atoms with Crippen molar-refractivity contribution in [2.75, 3.05) is 0 Å². The fraction of sp³-hybridized carbons (Fsp3) is 0. The number of hydrogen-bond donors (Lipinski definition) is 1. The van der Waals surface area contributed by atoms with Gasteiger partial charge in [-0.05, 0) is 35.0 Å². The zero-order valence-electron chi connectivity index (χ0n) is 9.90. The third kappa shape index (κ3) is 2.02.